The summed E-state index contributed by atoms with van der Waals surface area (Å²) in [7, 11) is 0. The molecule has 31 nitrogen and oxygen atoms in total. The fraction of sp³-hybridized carbons (Fsp3) is 0.660. The van der Waals surface area contributed by atoms with Gasteiger partial charge in [-0.3, -0.25) is 52.7 Å². The normalized spacial score (nSPS) is 23.4. The van der Waals surface area contributed by atoms with Crippen LogP contribution in [0.2, 0.25) is 0 Å². The summed E-state index contributed by atoms with van der Waals surface area (Å²) in [5, 5.41) is 48.9. The zero-order valence-electron chi connectivity index (χ0n) is 46.5. The lowest BCUT2D eigenvalue weighted by molar-refractivity contribution is -0.137. The van der Waals surface area contributed by atoms with Crippen molar-refractivity contribution in [2.24, 2.45) is 46.1 Å². The Morgan fingerprint density at radius 1 is 0.556 bits per heavy atom. The standard InChI is InChI=1S/C50H88N18O13/c1-25(2)22-36-47(78)62-30(10-16-51)41(72)61-34(14-20-55)46(77)67-38(26(3)69)49(80)58-21-15-35(44(75)60-31(11-17-52)43(74)66-37(48(79)65-36)23-28-8-6-5-7-9-28)63-42(73)32(12-18-53)64-50(81)39(27(4)70)68-45(76)33(13-19-54)59-40(71)29(57)24-56/h5-9,25-27,29-39,69-70H,10-24,51-57H2,1-4H3,(H,58,80)(H,59,71)(H,60,75)(H,61,72)(H,62,78)(H,63,73)(H,64,81)(H,65,79)(H,66,74)(H,67,77)(H,68,76)/t26-,27-,29+,30?,31+,32+,33+,34+,35?,36?,37?,38+,39+/m1/s1. The van der Waals surface area contributed by atoms with Crippen LogP contribution in [0.25, 0.3) is 0 Å². The maximum Gasteiger partial charge on any atom is 0.245 e. The third-order valence-electron chi connectivity index (χ3n) is 12.8. The summed E-state index contributed by atoms with van der Waals surface area (Å²) in [4.78, 5) is 153. The van der Waals surface area contributed by atoms with Gasteiger partial charge in [-0.2, -0.15) is 0 Å². The van der Waals surface area contributed by atoms with Crippen LogP contribution in [-0.2, 0) is 59.2 Å². The maximum absolute atomic E-state index is 14.5. The first-order valence-electron chi connectivity index (χ1n) is 27.0. The van der Waals surface area contributed by atoms with E-state index in [1.54, 1.807) is 44.2 Å². The monoisotopic (exact) mass is 1150 g/mol. The van der Waals surface area contributed by atoms with Gasteiger partial charge < -0.3 is 109 Å². The second-order valence-corrected chi connectivity index (χ2v) is 20.1. The van der Waals surface area contributed by atoms with Crippen LogP contribution in [0, 0.1) is 5.92 Å². The Morgan fingerprint density at radius 3 is 1.49 bits per heavy atom. The van der Waals surface area contributed by atoms with Gasteiger partial charge in [-0.05, 0) is 103 Å². The molecular formula is C50H88N18O13. The highest BCUT2D eigenvalue weighted by Gasteiger charge is 2.38. The number of hydrogen-bond donors (Lipinski definition) is 20. The van der Waals surface area contributed by atoms with Crippen LogP contribution in [-0.4, -0.2) is 200 Å². The summed E-state index contributed by atoms with van der Waals surface area (Å²) in [6.07, 6.45) is -4.75. The lowest BCUT2D eigenvalue weighted by atomic mass is 10.00. The molecule has 0 aliphatic carbocycles. The van der Waals surface area contributed by atoms with Gasteiger partial charge in [0.2, 0.25) is 65.0 Å². The SMILES string of the molecule is CC(C)CC1NC(=O)C(Cc2ccccc2)NC(=O)[C@H](CCN)NC(=O)C(NC(=O)[C@H](CCN)NC(=O)[C@@H](NC(=O)[C@H](CCN)NC(=O)[C@@H](N)CN)[C@@H](C)O)CCNC(=O)[C@H]([C@@H](C)O)NC(=O)[C@H](CCN)NC(=O)C(CCN)NC1=O. The Morgan fingerprint density at radius 2 is 1.01 bits per heavy atom. The van der Waals surface area contributed by atoms with E-state index in [1.807, 2.05) is 0 Å². The number of benzene rings is 1. The lowest BCUT2D eigenvalue weighted by Crippen LogP contribution is -2.62. The minimum Gasteiger partial charge on any atom is -0.391 e. The van der Waals surface area contributed by atoms with Gasteiger partial charge in [0, 0.05) is 19.5 Å². The van der Waals surface area contributed by atoms with Crippen molar-refractivity contribution in [1.82, 2.24) is 58.5 Å². The Kier molecular flexibility index (Phi) is 31.5. The quantitative estimate of drug-likeness (QED) is 0.0432. The third kappa shape index (κ3) is 24.0. The summed E-state index contributed by atoms with van der Waals surface area (Å²) in [5.41, 5.74) is 40.9. The molecule has 1 heterocycles. The van der Waals surface area contributed by atoms with Crippen molar-refractivity contribution in [2.75, 3.05) is 45.8 Å². The molecular weight excluding hydrogens is 1060 g/mol. The van der Waals surface area contributed by atoms with E-state index in [4.69, 9.17) is 40.1 Å². The molecule has 81 heavy (non-hydrogen) atoms. The number of carbonyl (C=O) groups excluding carboxylic acids is 11. The Hall–Kier alpha value is -6.97. The average molecular weight is 1150 g/mol. The molecule has 0 aromatic heterocycles. The largest absolute Gasteiger partial charge is 0.391 e. The summed E-state index contributed by atoms with van der Waals surface area (Å²) in [5.74, 6) is -10.6. The van der Waals surface area contributed by atoms with Crippen LogP contribution in [0.4, 0.5) is 0 Å². The Bertz CT molecular complexity index is 2250. The molecule has 1 aliphatic rings. The molecule has 1 aliphatic heterocycles. The van der Waals surface area contributed by atoms with Gasteiger partial charge in [0.25, 0.3) is 0 Å². The predicted molar refractivity (Wildman–Crippen MR) is 295 cm³/mol. The predicted octanol–water partition coefficient (Wildman–Crippen LogP) is -9.57. The number of nitrogens with two attached hydrogens (primary N) is 7. The van der Waals surface area contributed by atoms with Gasteiger partial charge in [0.1, 0.15) is 60.4 Å². The van der Waals surface area contributed by atoms with Crippen molar-refractivity contribution < 1.29 is 63.0 Å². The van der Waals surface area contributed by atoms with Gasteiger partial charge in [-0.15, -0.1) is 0 Å². The van der Waals surface area contributed by atoms with E-state index < -0.39 is 157 Å². The van der Waals surface area contributed by atoms with Crippen molar-refractivity contribution in [3.05, 3.63) is 35.9 Å². The summed E-state index contributed by atoms with van der Waals surface area (Å²) in [6, 6.07) is -7.77. The molecule has 1 fully saturated rings. The van der Waals surface area contributed by atoms with E-state index >= 15 is 0 Å². The second-order valence-electron chi connectivity index (χ2n) is 20.1. The van der Waals surface area contributed by atoms with Crippen molar-refractivity contribution in [3.63, 3.8) is 0 Å². The molecule has 31 heteroatoms. The molecule has 11 amide bonds. The van der Waals surface area contributed by atoms with Gasteiger partial charge >= 0.3 is 0 Å². The first kappa shape index (κ1) is 70.1. The number of aliphatic hydroxyl groups excluding tert-OH is 2. The highest BCUT2D eigenvalue weighted by Crippen LogP contribution is 2.11. The van der Waals surface area contributed by atoms with Crippen LogP contribution >= 0.6 is 0 Å². The summed E-state index contributed by atoms with van der Waals surface area (Å²) >= 11 is 0. The van der Waals surface area contributed by atoms with E-state index in [-0.39, 0.29) is 90.1 Å². The van der Waals surface area contributed by atoms with Gasteiger partial charge in [0.05, 0.1) is 18.2 Å². The van der Waals surface area contributed by atoms with Crippen molar-refractivity contribution in [1.29, 1.82) is 0 Å². The van der Waals surface area contributed by atoms with Crippen LogP contribution in [0.1, 0.15) is 78.2 Å². The average Bonchev–Trinajstić information content (AvgIpc) is 3.43. The molecule has 1 aromatic carbocycles. The number of rotatable bonds is 25. The number of carbonyl (C=O) groups is 11. The third-order valence-corrected chi connectivity index (χ3v) is 12.8. The minimum absolute atomic E-state index is 0.0382. The molecule has 0 bridgehead atoms. The van der Waals surface area contributed by atoms with Crippen LogP contribution < -0.4 is 98.6 Å². The van der Waals surface area contributed by atoms with E-state index in [0.29, 0.717) is 5.56 Å². The Labute approximate surface area is 470 Å². The van der Waals surface area contributed by atoms with Crippen molar-refractivity contribution in [2.45, 2.75) is 158 Å². The van der Waals surface area contributed by atoms with Gasteiger partial charge in [-0.1, -0.05) is 44.2 Å². The second kappa shape index (κ2) is 36.4. The molecule has 456 valence electrons. The van der Waals surface area contributed by atoms with E-state index in [0.717, 1.165) is 6.92 Å². The molecule has 1 aromatic rings. The minimum atomic E-state index is -1.76. The molecule has 4 unspecified atom stereocenters. The molecule has 0 saturated carbocycles. The molecule has 0 radical (unpaired) electrons. The lowest BCUT2D eigenvalue weighted by Gasteiger charge is -2.29. The summed E-state index contributed by atoms with van der Waals surface area (Å²) in [6.45, 7) is 4.33. The highest BCUT2D eigenvalue weighted by atomic mass is 16.3. The topological polar surface area (TPSA) is 543 Å². The van der Waals surface area contributed by atoms with Crippen molar-refractivity contribution >= 4 is 65.0 Å². The van der Waals surface area contributed by atoms with Crippen LogP contribution in [0.15, 0.2) is 30.3 Å². The zero-order chi connectivity index (χ0) is 60.9. The van der Waals surface area contributed by atoms with E-state index in [2.05, 4.69) is 58.5 Å². The van der Waals surface area contributed by atoms with Crippen LogP contribution in [0.3, 0.4) is 0 Å². The molecule has 1 saturated heterocycles. The Balaban J connectivity index is 2.73. The molecule has 13 atom stereocenters. The van der Waals surface area contributed by atoms with Crippen LogP contribution in [0.5, 0.6) is 0 Å². The summed E-state index contributed by atoms with van der Waals surface area (Å²) < 4.78 is 0. The van der Waals surface area contributed by atoms with Crippen molar-refractivity contribution in [3.8, 4) is 0 Å². The number of nitrogens with one attached hydrogen (secondary N) is 11. The first-order chi connectivity index (χ1) is 38.3. The van der Waals surface area contributed by atoms with E-state index in [9.17, 15) is 63.0 Å². The zero-order valence-corrected chi connectivity index (χ0v) is 46.5. The van der Waals surface area contributed by atoms with Gasteiger partial charge in [-0.25, -0.2) is 0 Å². The smallest absolute Gasteiger partial charge is 0.245 e. The van der Waals surface area contributed by atoms with E-state index in [1.165, 1.54) is 6.92 Å². The fourth-order valence-electron chi connectivity index (χ4n) is 8.26. The first-order valence-corrected chi connectivity index (χ1v) is 27.0. The maximum atomic E-state index is 14.5. The van der Waals surface area contributed by atoms with Gasteiger partial charge in [0.15, 0.2) is 0 Å². The molecule has 0 spiro atoms. The molecule has 2 rings (SSSR count). The number of amides is 11. The highest BCUT2D eigenvalue weighted by molar-refractivity contribution is 5.99. The fourth-order valence-corrected chi connectivity index (χ4v) is 8.26. The number of hydrogen-bond acceptors (Lipinski definition) is 20. The number of aliphatic hydroxyl groups is 2. The molecule has 27 N–H and O–H groups in total.